The molecule has 2 rings (SSSR count). The van der Waals surface area contributed by atoms with Gasteiger partial charge < -0.3 is 9.15 Å². The van der Waals surface area contributed by atoms with E-state index in [0.717, 1.165) is 11.3 Å². The minimum Gasteiger partial charge on any atom is -0.461 e. The number of ether oxygens (including phenoxy) is 1. The number of hydrazine groups is 1. The highest BCUT2D eigenvalue weighted by Crippen LogP contribution is 2.22. The number of amides is 2. The van der Waals surface area contributed by atoms with E-state index in [4.69, 9.17) is 4.42 Å². The van der Waals surface area contributed by atoms with Gasteiger partial charge in [0.1, 0.15) is 11.5 Å². The summed E-state index contributed by atoms with van der Waals surface area (Å²) in [5, 5.41) is 0. The normalized spacial score (nSPS) is 10.0. The maximum atomic E-state index is 11.6. The van der Waals surface area contributed by atoms with Crippen LogP contribution in [0.3, 0.4) is 0 Å². The molecule has 0 saturated heterocycles. The van der Waals surface area contributed by atoms with E-state index in [1.54, 1.807) is 6.92 Å². The Bertz CT molecular complexity index is 622. The second-order valence-electron chi connectivity index (χ2n) is 4.53. The van der Waals surface area contributed by atoms with Crippen LogP contribution >= 0.6 is 0 Å². The van der Waals surface area contributed by atoms with Crippen molar-refractivity contribution in [1.29, 1.82) is 0 Å². The minimum atomic E-state index is -0.680. The Kier molecular flexibility index (Phi) is 5.59. The summed E-state index contributed by atoms with van der Waals surface area (Å²) >= 11 is 0. The lowest BCUT2D eigenvalue weighted by Gasteiger charge is -2.06. The van der Waals surface area contributed by atoms with Gasteiger partial charge in [-0.1, -0.05) is 30.3 Å². The van der Waals surface area contributed by atoms with Crippen molar-refractivity contribution in [3.05, 3.63) is 48.2 Å². The predicted molar refractivity (Wildman–Crippen MR) is 80.8 cm³/mol. The van der Waals surface area contributed by atoms with Crippen molar-refractivity contribution in [2.45, 2.75) is 19.8 Å². The summed E-state index contributed by atoms with van der Waals surface area (Å²) < 4.78 is 10.3. The number of carbonyl (C=O) groups is 2. The van der Waals surface area contributed by atoms with Gasteiger partial charge in [-0.3, -0.25) is 10.2 Å². The molecule has 0 atom stereocenters. The molecule has 1 heterocycles. The molecular formula is C16H18N2O4. The van der Waals surface area contributed by atoms with Crippen molar-refractivity contribution in [3.8, 4) is 11.3 Å². The summed E-state index contributed by atoms with van der Waals surface area (Å²) in [4.78, 5) is 22.6. The number of rotatable bonds is 5. The third-order valence-corrected chi connectivity index (χ3v) is 2.90. The molecule has 1 aromatic heterocycles. The topological polar surface area (TPSA) is 80.6 Å². The standard InChI is InChI=1S/C16H18N2O4/c1-2-21-16(20)18-17-15(19)11-9-13-8-10-14(22-13)12-6-4-3-5-7-12/h3-8,10H,2,9,11H2,1H3,(H,17,19)(H,18,20). The molecular weight excluding hydrogens is 284 g/mol. The molecule has 0 saturated carbocycles. The third kappa shape index (κ3) is 4.66. The lowest BCUT2D eigenvalue weighted by Crippen LogP contribution is -2.41. The molecule has 0 fully saturated rings. The molecule has 0 aliphatic carbocycles. The zero-order valence-electron chi connectivity index (χ0n) is 12.3. The predicted octanol–water partition coefficient (Wildman–Crippen LogP) is 2.66. The Labute approximate surface area is 128 Å². The molecule has 1 aromatic carbocycles. The zero-order valence-corrected chi connectivity index (χ0v) is 12.3. The number of hydrogen-bond donors (Lipinski definition) is 2. The van der Waals surface area contributed by atoms with Crippen molar-refractivity contribution >= 4 is 12.0 Å². The van der Waals surface area contributed by atoms with E-state index in [2.05, 4.69) is 15.6 Å². The molecule has 116 valence electrons. The summed E-state index contributed by atoms with van der Waals surface area (Å²) in [7, 11) is 0. The molecule has 6 heteroatoms. The van der Waals surface area contributed by atoms with Crippen LogP contribution in [0.4, 0.5) is 4.79 Å². The summed E-state index contributed by atoms with van der Waals surface area (Å²) in [6.07, 6.45) is -0.0302. The maximum Gasteiger partial charge on any atom is 0.426 e. The van der Waals surface area contributed by atoms with Gasteiger partial charge in [-0.2, -0.15) is 0 Å². The molecule has 2 N–H and O–H groups in total. The van der Waals surface area contributed by atoms with Crippen LogP contribution in [0.1, 0.15) is 19.1 Å². The highest BCUT2D eigenvalue weighted by molar-refractivity contribution is 5.79. The monoisotopic (exact) mass is 302 g/mol. The summed E-state index contributed by atoms with van der Waals surface area (Å²) in [6.45, 7) is 1.93. The van der Waals surface area contributed by atoms with E-state index in [9.17, 15) is 9.59 Å². The quantitative estimate of drug-likeness (QED) is 0.832. The maximum absolute atomic E-state index is 11.6. The van der Waals surface area contributed by atoms with E-state index in [-0.39, 0.29) is 18.9 Å². The smallest absolute Gasteiger partial charge is 0.426 e. The Balaban J connectivity index is 1.79. The molecule has 2 aromatic rings. The van der Waals surface area contributed by atoms with E-state index >= 15 is 0 Å². The van der Waals surface area contributed by atoms with Crippen molar-refractivity contribution in [2.75, 3.05) is 6.61 Å². The van der Waals surface area contributed by atoms with Gasteiger partial charge in [-0.15, -0.1) is 0 Å². The van der Waals surface area contributed by atoms with Crippen LogP contribution in [0.15, 0.2) is 46.9 Å². The number of nitrogens with one attached hydrogen (secondary N) is 2. The first-order valence-corrected chi connectivity index (χ1v) is 7.04. The van der Waals surface area contributed by atoms with Gasteiger partial charge in [0.25, 0.3) is 0 Å². The fourth-order valence-electron chi connectivity index (χ4n) is 1.86. The van der Waals surface area contributed by atoms with Crippen molar-refractivity contribution in [2.24, 2.45) is 0 Å². The van der Waals surface area contributed by atoms with Crippen LogP contribution in [-0.2, 0) is 16.0 Å². The van der Waals surface area contributed by atoms with Gasteiger partial charge in [0.15, 0.2) is 0 Å². The molecule has 0 radical (unpaired) electrons. The Hall–Kier alpha value is -2.76. The van der Waals surface area contributed by atoms with Crippen molar-refractivity contribution in [3.63, 3.8) is 0 Å². The average Bonchev–Trinajstić information content (AvgIpc) is 3.01. The fraction of sp³-hybridized carbons (Fsp3) is 0.250. The van der Waals surface area contributed by atoms with Gasteiger partial charge in [0, 0.05) is 18.4 Å². The number of furan rings is 1. The highest BCUT2D eigenvalue weighted by atomic mass is 16.5. The van der Waals surface area contributed by atoms with Crippen LogP contribution in [0.2, 0.25) is 0 Å². The van der Waals surface area contributed by atoms with Gasteiger partial charge in [0.05, 0.1) is 6.61 Å². The Morgan fingerprint density at radius 1 is 1.09 bits per heavy atom. The first-order chi connectivity index (χ1) is 10.7. The van der Waals surface area contributed by atoms with Crippen molar-refractivity contribution < 1.29 is 18.7 Å². The van der Waals surface area contributed by atoms with Crippen LogP contribution in [-0.4, -0.2) is 18.6 Å². The van der Waals surface area contributed by atoms with Crippen LogP contribution in [0.25, 0.3) is 11.3 Å². The fourth-order valence-corrected chi connectivity index (χ4v) is 1.86. The Morgan fingerprint density at radius 2 is 1.86 bits per heavy atom. The van der Waals surface area contributed by atoms with Gasteiger partial charge in [-0.25, -0.2) is 10.2 Å². The lowest BCUT2D eigenvalue weighted by molar-refractivity contribution is -0.122. The first-order valence-electron chi connectivity index (χ1n) is 7.04. The van der Waals surface area contributed by atoms with Crippen LogP contribution in [0.5, 0.6) is 0 Å². The number of hydrogen-bond acceptors (Lipinski definition) is 4. The molecule has 0 bridgehead atoms. The number of carbonyl (C=O) groups excluding carboxylic acids is 2. The summed E-state index contributed by atoms with van der Waals surface area (Å²) in [5.41, 5.74) is 5.42. The van der Waals surface area contributed by atoms with Crippen LogP contribution < -0.4 is 10.9 Å². The van der Waals surface area contributed by atoms with Gasteiger partial charge in [0.2, 0.25) is 5.91 Å². The molecule has 0 aliphatic heterocycles. The molecule has 0 aliphatic rings. The third-order valence-electron chi connectivity index (χ3n) is 2.90. The van der Waals surface area contributed by atoms with Crippen molar-refractivity contribution in [1.82, 2.24) is 10.9 Å². The Morgan fingerprint density at radius 3 is 2.59 bits per heavy atom. The molecule has 0 unspecified atom stereocenters. The number of aryl methyl sites for hydroxylation is 1. The SMILES string of the molecule is CCOC(=O)NNC(=O)CCc1ccc(-c2ccccc2)o1. The zero-order chi connectivity index (χ0) is 15.8. The van der Waals surface area contributed by atoms with Gasteiger partial charge in [-0.05, 0) is 19.1 Å². The second kappa shape index (κ2) is 7.87. The largest absolute Gasteiger partial charge is 0.461 e. The second-order valence-corrected chi connectivity index (χ2v) is 4.53. The van der Waals surface area contributed by atoms with E-state index in [0.29, 0.717) is 12.2 Å². The average molecular weight is 302 g/mol. The first kappa shape index (κ1) is 15.6. The number of benzene rings is 1. The van der Waals surface area contributed by atoms with Gasteiger partial charge >= 0.3 is 6.09 Å². The summed E-state index contributed by atoms with van der Waals surface area (Å²) in [5.74, 6) is 1.16. The molecule has 6 nitrogen and oxygen atoms in total. The van der Waals surface area contributed by atoms with E-state index in [1.165, 1.54) is 0 Å². The van der Waals surface area contributed by atoms with Crippen LogP contribution in [0, 0.1) is 0 Å². The van der Waals surface area contributed by atoms with E-state index in [1.807, 2.05) is 42.5 Å². The lowest BCUT2D eigenvalue weighted by atomic mass is 10.2. The minimum absolute atomic E-state index is 0.203. The van der Waals surface area contributed by atoms with E-state index < -0.39 is 6.09 Å². The molecule has 2 amide bonds. The molecule has 22 heavy (non-hydrogen) atoms. The molecule has 0 spiro atoms. The summed E-state index contributed by atoms with van der Waals surface area (Å²) in [6, 6.07) is 13.4. The highest BCUT2D eigenvalue weighted by Gasteiger charge is 2.08.